The molecule has 1 aliphatic carbocycles. The molecule has 2 nitrogen and oxygen atoms in total. The van der Waals surface area contributed by atoms with Crippen molar-refractivity contribution >= 4 is 23.5 Å². The zero-order chi connectivity index (χ0) is 11.2. The van der Waals surface area contributed by atoms with Gasteiger partial charge >= 0.3 is 0 Å². The van der Waals surface area contributed by atoms with Crippen LogP contribution in [-0.4, -0.2) is 40.0 Å². The average molecular weight is 260 g/mol. The zero-order valence-electron chi connectivity index (χ0n) is 9.98. The number of rotatable bonds is 0. The van der Waals surface area contributed by atoms with Gasteiger partial charge in [-0.15, -0.1) is 11.8 Å². The summed E-state index contributed by atoms with van der Waals surface area (Å²) in [5, 5.41) is 2.53. The molecule has 92 valence electrons. The Morgan fingerprint density at radius 2 is 1.75 bits per heavy atom. The van der Waals surface area contributed by atoms with Crippen LogP contribution in [0.4, 0.5) is 0 Å². The Balaban J connectivity index is 1.89. The maximum atomic E-state index is 6.16. The van der Waals surface area contributed by atoms with Crippen LogP contribution in [0.2, 0.25) is 0 Å². The van der Waals surface area contributed by atoms with Crippen molar-refractivity contribution in [2.75, 3.05) is 13.2 Å². The third-order valence-electron chi connectivity index (χ3n) is 3.70. The second kappa shape index (κ2) is 4.38. The summed E-state index contributed by atoms with van der Waals surface area (Å²) in [4.78, 5) is 0. The summed E-state index contributed by atoms with van der Waals surface area (Å²) in [5.74, 6) is -0.238. The monoisotopic (exact) mass is 260 g/mol. The predicted molar refractivity (Wildman–Crippen MR) is 70.2 cm³/mol. The standard InChI is InChI=1S/C12H20O2S2/c1-8-6-13-12-5-3-4-10(15-8)11(12)16-9(2)7-14-12/h8-11H,3-7H2,1-2H3. The zero-order valence-corrected chi connectivity index (χ0v) is 11.6. The molecule has 5 atom stereocenters. The molecule has 5 unspecified atom stereocenters. The Hall–Kier alpha value is 0.620. The molecular formula is C12H20O2S2. The van der Waals surface area contributed by atoms with E-state index in [0.717, 1.165) is 24.9 Å². The van der Waals surface area contributed by atoms with Gasteiger partial charge in [0.25, 0.3) is 0 Å². The molecule has 0 aromatic rings. The normalized spacial score (nSPS) is 52.9. The molecule has 3 fully saturated rings. The Bertz CT molecular complexity index is 274. The molecule has 2 bridgehead atoms. The lowest BCUT2D eigenvalue weighted by molar-refractivity contribution is -0.248. The van der Waals surface area contributed by atoms with Gasteiger partial charge in [-0.1, -0.05) is 13.8 Å². The first-order valence-electron chi connectivity index (χ1n) is 6.28. The maximum Gasteiger partial charge on any atom is 0.181 e. The van der Waals surface area contributed by atoms with Gasteiger partial charge in [0.2, 0.25) is 0 Å². The lowest BCUT2D eigenvalue weighted by Crippen LogP contribution is -2.56. The fourth-order valence-corrected chi connectivity index (χ4v) is 6.15. The van der Waals surface area contributed by atoms with Crippen LogP contribution in [0.5, 0.6) is 0 Å². The summed E-state index contributed by atoms with van der Waals surface area (Å²) in [6.07, 6.45) is 3.70. The smallest absolute Gasteiger partial charge is 0.181 e. The van der Waals surface area contributed by atoms with Crippen molar-refractivity contribution in [3.05, 3.63) is 0 Å². The van der Waals surface area contributed by atoms with Gasteiger partial charge in [0.1, 0.15) is 0 Å². The first-order chi connectivity index (χ1) is 7.70. The van der Waals surface area contributed by atoms with Crippen molar-refractivity contribution in [2.24, 2.45) is 0 Å². The Labute approximate surface area is 106 Å². The van der Waals surface area contributed by atoms with Crippen LogP contribution in [0, 0.1) is 0 Å². The molecule has 0 spiro atoms. The molecule has 4 heteroatoms. The summed E-state index contributed by atoms with van der Waals surface area (Å²) in [6, 6.07) is 0. The van der Waals surface area contributed by atoms with Crippen molar-refractivity contribution in [2.45, 2.75) is 59.9 Å². The largest absolute Gasteiger partial charge is 0.348 e. The molecule has 3 rings (SSSR count). The summed E-state index contributed by atoms with van der Waals surface area (Å²) in [7, 11) is 0. The van der Waals surface area contributed by atoms with E-state index >= 15 is 0 Å². The molecule has 0 amide bonds. The highest BCUT2D eigenvalue weighted by molar-refractivity contribution is 8.04. The Kier molecular flexibility index (Phi) is 3.20. The van der Waals surface area contributed by atoms with E-state index in [1.54, 1.807) is 0 Å². The molecule has 2 heterocycles. The molecule has 0 aromatic carbocycles. The van der Waals surface area contributed by atoms with E-state index in [0.29, 0.717) is 15.7 Å². The lowest BCUT2D eigenvalue weighted by atomic mass is 9.92. The Morgan fingerprint density at radius 3 is 2.50 bits per heavy atom. The van der Waals surface area contributed by atoms with Crippen LogP contribution in [0.1, 0.15) is 33.1 Å². The van der Waals surface area contributed by atoms with E-state index in [2.05, 4.69) is 37.4 Å². The van der Waals surface area contributed by atoms with Gasteiger partial charge < -0.3 is 9.47 Å². The quantitative estimate of drug-likeness (QED) is 0.666. The van der Waals surface area contributed by atoms with Crippen molar-refractivity contribution in [3.63, 3.8) is 0 Å². The van der Waals surface area contributed by atoms with E-state index < -0.39 is 0 Å². The molecule has 0 radical (unpaired) electrons. The average Bonchev–Trinajstić information content (AvgIpc) is 2.35. The Morgan fingerprint density at radius 1 is 1.06 bits per heavy atom. The predicted octanol–water partition coefficient (Wildman–Crippen LogP) is 2.91. The van der Waals surface area contributed by atoms with Crippen LogP contribution < -0.4 is 0 Å². The minimum absolute atomic E-state index is 0.238. The van der Waals surface area contributed by atoms with E-state index in [4.69, 9.17) is 9.47 Å². The van der Waals surface area contributed by atoms with Crippen LogP contribution in [0.3, 0.4) is 0 Å². The van der Waals surface area contributed by atoms with Gasteiger partial charge in [0.05, 0.1) is 18.5 Å². The molecule has 1 saturated carbocycles. The number of thioether (sulfide) groups is 2. The second-order valence-electron chi connectivity index (χ2n) is 5.18. The summed E-state index contributed by atoms with van der Waals surface area (Å²) < 4.78 is 12.3. The number of ether oxygens (including phenoxy) is 2. The van der Waals surface area contributed by atoms with Crippen molar-refractivity contribution in [3.8, 4) is 0 Å². The van der Waals surface area contributed by atoms with Gasteiger partial charge in [-0.2, -0.15) is 11.8 Å². The SMILES string of the molecule is CC1COC23CCCC(S1)C2SC(C)CO3. The fraction of sp³-hybridized carbons (Fsp3) is 1.00. The molecular weight excluding hydrogens is 240 g/mol. The van der Waals surface area contributed by atoms with E-state index in [1.165, 1.54) is 12.8 Å². The minimum atomic E-state index is -0.238. The van der Waals surface area contributed by atoms with Crippen LogP contribution in [0.15, 0.2) is 0 Å². The third kappa shape index (κ3) is 1.92. The fourth-order valence-electron chi connectivity index (χ4n) is 2.95. The minimum Gasteiger partial charge on any atom is -0.348 e. The summed E-state index contributed by atoms with van der Waals surface area (Å²) >= 11 is 4.22. The maximum absolute atomic E-state index is 6.16. The van der Waals surface area contributed by atoms with Gasteiger partial charge in [-0.3, -0.25) is 0 Å². The van der Waals surface area contributed by atoms with Crippen LogP contribution in [0.25, 0.3) is 0 Å². The molecule has 0 aromatic heterocycles. The highest BCUT2D eigenvalue weighted by atomic mass is 32.2. The molecule has 3 aliphatic rings. The number of hydrogen-bond acceptors (Lipinski definition) is 4. The third-order valence-corrected chi connectivity index (χ3v) is 6.91. The van der Waals surface area contributed by atoms with Gasteiger partial charge in [0, 0.05) is 22.2 Å². The second-order valence-corrected chi connectivity index (χ2v) is 8.45. The summed E-state index contributed by atoms with van der Waals surface area (Å²) in [5.41, 5.74) is 0. The van der Waals surface area contributed by atoms with Gasteiger partial charge in [-0.25, -0.2) is 0 Å². The van der Waals surface area contributed by atoms with Crippen LogP contribution in [-0.2, 0) is 9.47 Å². The topological polar surface area (TPSA) is 18.5 Å². The highest BCUT2D eigenvalue weighted by Gasteiger charge is 2.53. The first-order valence-corrected chi connectivity index (χ1v) is 8.17. The molecule has 0 N–H and O–H groups in total. The van der Waals surface area contributed by atoms with E-state index in [1.807, 2.05) is 0 Å². The highest BCUT2D eigenvalue weighted by Crippen LogP contribution is 2.51. The molecule has 2 aliphatic heterocycles. The van der Waals surface area contributed by atoms with E-state index in [-0.39, 0.29) is 5.79 Å². The van der Waals surface area contributed by atoms with E-state index in [9.17, 15) is 0 Å². The van der Waals surface area contributed by atoms with Crippen molar-refractivity contribution < 1.29 is 9.47 Å². The van der Waals surface area contributed by atoms with Crippen molar-refractivity contribution in [1.29, 1.82) is 0 Å². The van der Waals surface area contributed by atoms with Gasteiger partial charge in [-0.05, 0) is 12.8 Å². The van der Waals surface area contributed by atoms with Gasteiger partial charge in [0.15, 0.2) is 5.79 Å². The molecule has 16 heavy (non-hydrogen) atoms. The lowest BCUT2D eigenvalue weighted by Gasteiger charge is -2.49. The van der Waals surface area contributed by atoms with Crippen molar-refractivity contribution in [1.82, 2.24) is 0 Å². The molecule has 2 saturated heterocycles. The van der Waals surface area contributed by atoms with Crippen LogP contribution >= 0.6 is 23.5 Å². The number of hydrogen-bond donors (Lipinski definition) is 0. The summed E-state index contributed by atoms with van der Waals surface area (Å²) in [6.45, 7) is 6.26. The first kappa shape index (κ1) is 11.7.